The first-order valence-electron chi connectivity index (χ1n) is 9.79. The van der Waals surface area contributed by atoms with Gasteiger partial charge in [0.2, 0.25) is 0 Å². The molecule has 0 saturated heterocycles. The topological polar surface area (TPSA) is 56.5 Å². The highest BCUT2D eigenvalue weighted by atomic mass is 16.5. The Hall–Kier alpha value is -1.58. The lowest BCUT2D eigenvalue weighted by atomic mass is 9.43. The van der Waals surface area contributed by atoms with E-state index in [1.165, 1.54) is 26.1 Å². The monoisotopic (exact) mass is 360 g/mol. The summed E-state index contributed by atoms with van der Waals surface area (Å²) in [6.45, 7) is 10.9. The van der Waals surface area contributed by atoms with Gasteiger partial charge < -0.3 is 13.9 Å². The molecule has 2 aliphatic rings. The number of ether oxygens (including phenoxy) is 1. The minimum atomic E-state index is -0.307. The van der Waals surface area contributed by atoms with Crippen LogP contribution in [0.1, 0.15) is 77.8 Å². The highest BCUT2D eigenvalue weighted by Gasteiger charge is 2.59. The van der Waals surface area contributed by atoms with Gasteiger partial charge in [-0.1, -0.05) is 34.1 Å². The second-order valence-corrected chi connectivity index (χ2v) is 9.56. The van der Waals surface area contributed by atoms with Crippen LogP contribution < -0.4 is 0 Å². The number of esters is 1. The molecule has 0 radical (unpaired) electrons. The Morgan fingerprint density at radius 1 is 1.23 bits per heavy atom. The maximum absolute atomic E-state index is 12.4. The van der Waals surface area contributed by atoms with Gasteiger partial charge in [-0.25, -0.2) is 0 Å². The van der Waals surface area contributed by atoms with Gasteiger partial charge in [0.15, 0.2) is 0 Å². The van der Waals surface area contributed by atoms with Crippen molar-refractivity contribution in [2.24, 2.45) is 22.7 Å². The van der Waals surface area contributed by atoms with Crippen LogP contribution in [0.25, 0.3) is 0 Å². The molecule has 4 atom stereocenters. The van der Waals surface area contributed by atoms with Gasteiger partial charge in [-0.2, -0.15) is 0 Å². The Labute approximate surface area is 156 Å². The summed E-state index contributed by atoms with van der Waals surface area (Å²) in [6.07, 6.45) is 10.2. The molecule has 0 amide bonds. The number of furan rings is 1. The zero-order chi connectivity index (χ0) is 19.2. The second kappa shape index (κ2) is 6.54. The van der Waals surface area contributed by atoms with Crippen LogP contribution in [0.4, 0.5) is 0 Å². The summed E-state index contributed by atoms with van der Waals surface area (Å²) in [6, 6.07) is 0. The van der Waals surface area contributed by atoms with Crippen molar-refractivity contribution in [1.82, 2.24) is 0 Å². The lowest BCUT2D eigenvalue weighted by Gasteiger charge is -2.61. The first-order valence-corrected chi connectivity index (χ1v) is 9.79. The SMILES string of the molecule is CC(=O)OCc1cocc1[C@]1(C)CC[C@H]2C(C)(C)CCC[C@]2(C)[C@H]1C=O. The molecule has 0 N–H and O–H groups in total. The maximum Gasteiger partial charge on any atom is 0.302 e. The van der Waals surface area contributed by atoms with Crippen LogP contribution in [0.3, 0.4) is 0 Å². The zero-order valence-electron chi connectivity index (χ0n) is 16.8. The fourth-order valence-corrected chi connectivity index (χ4v) is 6.31. The lowest BCUT2D eigenvalue weighted by Crippen LogP contribution is -2.57. The average Bonchev–Trinajstić information content (AvgIpc) is 3.01. The third kappa shape index (κ3) is 2.91. The minimum Gasteiger partial charge on any atom is -0.472 e. The third-order valence-corrected chi connectivity index (χ3v) is 7.55. The van der Waals surface area contributed by atoms with E-state index >= 15 is 0 Å². The van der Waals surface area contributed by atoms with Gasteiger partial charge in [0.1, 0.15) is 12.9 Å². The van der Waals surface area contributed by atoms with E-state index in [0.717, 1.165) is 30.4 Å². The van der Waals surface area contributed by atoms with Gasteiger partial charge in [0, 0.05) is 29.4 Å². The number of carbonyl (C=O) groups is 2. The molecule has 0 aromatic carbocycles. The normalized spacial score (nSPS) is 36.2. The standard InChI is InChI=1S/C22H32O4/c1-15(24)26-13-16-12-25-14-17(16)21(4)10-7-18-20(2,3)8-6-9-22(18,5)19(21)11-23/h11-12,14,18-19H,6-10,13H2,1-5H3/t18-,19-,21-,22-/m0/s1. The maximum atomic E-state index is 12.4. The molecule has 4 heteroatoms. The molecular formula is C22H32O4. The number of aldehydes is 1. The summed E-state index contributed by atoms with van der Waals surface area (Å²) in [5, 5.41) is 0. The van der Waals surface area contributed by atoms with E-state index in [4.69, 9.17) is 9.15 Å². The van der Waals surface area contributed by atoms with E-state index in [2.05, 4.69) is 27.7 Å². The second-order valence-electron chi connectivity index (χ2n) is 9.56. The first kappa shape index (κ1) is 19.2. The molecule has 2 aliphatic carbocycles. The van der Waals surface area contributed by atoms with Crippen molar-refractivity contribution in [2.45, 2.75) is 78.7 Å². The van der Waals surface area contributed by atoms with Crippen molar-refractivity contribution < 1.29 is 18.7 Å². The van der Waals surface area contributed by atoms with Crippen LogP contribution in [0.5, 0.6) is 0 Å². The molecule has 0 unspecified atom stereocenters. The number of hydrogen-bond donors (Lipinski definition) is 0. The Morgan fingerprint density at radius 2 is 1.96 bits per heavy atom. The molecule has 3 rings (SSSR count). The van der Waals surface area contributed by atoms with Crippen LogP contribution in [0, 0.1) is 22.7 Å². The molecule has 144 valence electrons. The quantitative estimate of drug-likeness (QED) is 0.557. The molecule has 1 aromatic rings. The van der Waals surface area contributed by atoms with E-state index in [9.17, 15) is 9.59 Å². The summed E-state index contributed by atoms with van der Waals surface area (Å²) in [7, 11) is 0. The van der Waals surface area contributed by atoms with E-state index < -0.39 is 0 Å². The Kier molecular flexibility index (Phi) is 4.83. The molecule has 4 nitrogen and oxygen atoms in total. The minimum absolute atomic E-state index is 0.00747. The van der Waals surface area contributed by atoms with Gasteiger partial charge in [-0.3, -0.25) is 4.79 Å². The van der Waals surface area contributed by atoms with Crippen molar-refractivity contribution in [3.05, 3.63) is 23.7 Å². The van der Waals surface area contributed by atoms with Crippen molar-refractivity contribution in [3.8, 4) is 0 Å². The predicted octanol–water partition coefficient (Wildman–Crippen LogP) is 5.04. The fraction of sp³-hybridized carbons (Fsp3) is 0.727. The van der Waals surface area contributed by atoms with Crippen LogP contribution >= 0.6 is 0 Å². The van der Waals surface area contributed by atoms with Gasteiger partial charge in [-0.15, -0.1) is 0 Å². The molecule has 2 saturated carbocycles. The smallest absolute Gasteiger partial charge is 0.302 e. The van der Waals surface area contributed by atoms with Gasteiger partial charge in [0.05, 0.1) is 12.5 Å². The van der Waals surface area contributed by atoms with Crippen molar-refractivity contribution >= 4 is 12.3 Å². The summed E-state index contributed by atoms with van der Waals surface area (Å²) >= 11 is 0. The van der Waals surface area contributed by atoms with Crippen LogP contribution in [-0.2, 0) is 26.3 Å². The summed E-state index contributed by atoms with van der Waals surface area (Å²) in [4.78, 5) is 23.6. The van der Waals surface area contributed by atoms with Crippen LogP contribution in [0.15, 0.2) is 16.9 Å². The van der Waals surface area contributed by atoms with Gasteiger partial charge in [-0.05, 0) is 42.4 Å². The summed E-state index contributed by atoms with van der Waals surface area (Å²) < 4.78 is 10.7. The van der Waals surface area contributed by atoms with Crippen molar-refractivity contribution in [3.63, 3.8) is 0 Å². The first-order chi connectivity index (χ1) is 12.1. The van der Waals surface area contributed by atoms with E-state index in [1.54, 1.807) is 12.5 Å². The van der Waals surface area contributed by atoms with Gasteiger partial charge in [0.25, 0.3) is 0 Å². The van der Waals surface area contributed by atoms with E-state index in [1.807, 2.05) is 0 Å². The lowest BCUT2D eigenvalue weighted by molar-refractivity contribution is -0.143. The van der Waals surface area contributed by atoms with E-state index in [-0.39, 0.29) is 34.7 Å². The molecule has 1 aromatic heterocycles. The molecular weight excluding hydrogens is 328 g/mol. The van der Waals surface area contributed by atoms with E-state index in [0.29, 0.717) is 5.92 Å². The molecule has 2 fully saturated rings. The zero-order valence-corrected chi connectivity index (χ0v) is 16.8. The molecule has 1 heterocycles. The van der Waals surface area contributed by atoms with Crippen molar-refractivity contribution in [1.29, 1.82) is 0 Å². The largest absolute Gasteiger partial charge is 0.472 e. The van der Waals surface area contributed by atoms with Crippen LogP contribution in [0.2, 0.25) is 0 Å². The fourth-order valence-electron chi connectivity index (χ4n) is 6.31. The van der Waals surface area contributed by atoms with Crippen LogP contribution in [-0.4, -0.2) is 12.3 Å². The number of rotatable bonds is 4. The molecule has 26 heavy (non-hydrogen) atoms. The Morgan fingerprint density at radius 3 is 2.62 bits per heavy atom. The summed E-state index contributed by atoms with van der Waals surface area (Å²) in [5.74, 6) is 0.178. The molecule has 0 spiro atoms. The summed E-state index contributed by atoms with van der Waals surface area (Å²) in [5.41, 5.74) is 1.88. The molecule has 0 aliphatic heterocycles. The number of hydrogen-bond acceptors (Lipinski definition) is 4. The predicted molar refractivity (Wildman–Crippen MR) is 99.5 cm³/mol. The third-order valence-electron chi connectivity index (χ3n) is 7.55. The highest BCUT2D eigenvalue weighted by Crippen LogP contribution is 2.64. The highest BCUT2D eigenvalue weighted by molar-refractivity contribution is 5.66. The Balaban J connectivity index is 1.99. The molecule has 0 bridgehead atoms. The Bertz CT molecular complexity index is 688. The number of carbonyl (C=O) groups excluding carboxylic acids is 2. The average molecular weight is 360 g/mol. The van der Waals surface area contributed by atoms with Gasteiger partial charge >= 0.3 is 5.97 Å². The van der Waals surface area contributed by atoms with Crippen molar-refractivity contribution in [2.75, 3.05) is 0 Å². The number of fused-ring (bicyclic) bond motifs is 1.